The molecule has 1 fully saturated rings. The zero-order valence-electron chi connectivity index (χ0n) is 41.4. The first-order valence-electron chi connectivity index (χ1n) is 23.1. The molecule has 0 aromatic rings. The Kier molecular flexibility index (Phi) is 23.6. The van der Waals surface area contributed by atoms with Gasteiger partial charge in [0.2, 0.25) is 0 Å². The van der Waals surface area contributed by atoms with Gasteiger partial charge in [-0.1, -0.05) is 58.3 Å². The number of hydrogen-bond donors (Lipinski definition) is 2. The first-order chi connectivity index (χ1) is 27.0. The standard InChI is InChI=1S/C48H95NO10/c1-18-19-20-21-22-23-24-25-26-27-39(50)59-49(16)36-58-45(8,9)34-37(46(10,11)55-31-28-42(2,3)51)41-40(48(14,15)57-33-30-44(6,7)53-17)38(35-54-41)47(12,13)56-32-29-43(4,5)52/h37-38,40-41,51-52H,18-36H2,1-17H3. The average Bonchev–Trinajstić information content (AvgIpc) is 3.55. The van der Waals surface area contributed by atoms with Crippen molar-refractivity contribution < 1.29 is 48.3 Å². The third kappa shape index (κ3) is 22.9. The van der Waals surface area contributed by atoms with Crippen molar-refractivity contribution in [1.82, 2.24) is 5.06 Å². The molecule has 0 amide bonds. The summed E-state index contributed by atoms with van der Waals surface area (Å²) < 4.78 is 39.4. The van der Waals surface area contributed by atoms with Crippen molar-refractivity contribution in [2.24, 2.45) is 17.8 Å². The van der Waals surface area contributed by atoms with Crippen LogP contribution in [0.5, 0.6) is 0 Å². The van der Waals surface area contributed by atoms with Crippen LogP contribution in [0, 0.1) is 17.8 Å². The number of ether oxygens (including phenoxy) is 6. The second-order valence-corrected chi connectivity index (χ2v) is 21.6. The van der Waals surface area contributed by atoms with Crippen molar-refractivity contribution >= 4 is 5.97 Å². The van der Waals surface area contributed by atoms with Crippen LogP contribution in [0.15, 0.2) is 0 Å². The molecule has 1 saturated heterocycles. The van der Waals surface area contributed by atoms with E-state index in [9.17, 15) is 15.0 Å². The van der Waals surface area contributed by atoms with Crippen LogP contribution in [0.25, 0.3) is 0 Å². The topological polar surface area (TPSA) is 125 Å². The second-order valence-electron chi connectivity index (χ2n) is 21.6. The number of rotatable bonds is 33. The molecular weight excluding hydrogens is 751 g/mol. The Bertz CT molecular complexity index is 1160. The molecule has 1 aliphatic heterocycles. The molecule has 4 atom stereocenters. The number of aliphatic hydroxyl groups is 2. The highest BCUT2D eigenvalue weighted by atomic mass is 16.7. The maximum absolute atomic E-state index is 12.7. The van der Waals surface area contributed by atoms with Crippen LogP contribution in [0.4, 0.5) is 0 Å². The highest BCUT2D eigenvalue weighted by molar-refractivity contribution is 5.68. The zero-order valence-corrected chi connectivity index (χ0v) is 41.4. The van der Waals surface area contributed by atoms with E-state index in [1.54, 1.807) is 41.9 Å². The molecule has 11 heteroatoms. The lowest BCUT2D eigenvalue weighted by molar-refractivity contribution is -0.224. The predicted molar refractivity (Wildman–Crippen MR) is 238 cm³/mol. The molecule has 352 valence electrons. The molecule has 1 heterocycles. The molecule has 0 radical (unpaired) electrons. The van der Waals surface area contributed by atoms with Gasteiger partial charge < -0.3 is 43.5 Å². The number of nitrogens with zero attached hydrogens (tertiary/aromatic N) is 1. The van der Waals surface area contributed by atoms with Gasteiger partial charge in [0.15, 0.2) is 0 Å². The lowest BCUT2D eigenvalue weighted by Crippen LogP contribution is -2.55. The minimum Gasteiger partial charge on any atom is -0.390 e. The van der Waals surface area contributed by atoms with Gasteiger partial charge in [-0.2, -0.15) is 0 Å². The van der Waals surface area contributed by atoms with E-state index in [2.05, 4.69) is 76.2 Å². The first-order valence-corrected chi connectivity index (χ1v) is 23.1. The fraction of sp³-hybridized carbons (Fsp3) is 0.979. The molecule has 0 aromatic heterocycles. The Hall–Kier alpha value is -0.890. The Morgan fingerprint density at radius 3 is 1.69 bits per heavy atom. The van der Waals surface area contributed by atoms with Gasteiger partial charge in [0.1, 0.15) is 6.73 Å². The van der Waals surface area contributed by atoms with E-state index < -0.39 is 33.6 Å². The summed E-state index contributed by atoms with van der Waals surface area (Å²) >= 11 is 0. The van der Waals surface area contributed by atoms with Gasteiger partial charge in [-0.05, 0) is 129 Å². The first kappa shape index (κ1) is 56.1. The lowest BCUT2D eigenvalue weighted by atomic mass is 9.65. The molecule has 2 N–H and O–H groups in total. The summed E-state index contributed by atoms with van der Waals surface area (Å²) in [6, 6.07) is 0. The van der Waals surface area contributed by atoms with Gasteiger partial charge >= 0.3 is 5.97 Å². The Labute approximate surface area is 362 Å². The number of carbonyl (C=O) groups is 1. The quantitative estimate of drug-likeness (QED) is 0.0373. The minimum atomic E-state index is -0.877. The van der Waals surface area contributed by atoms with Gasteiger partial charge in [0.25, 0.3) is 0 Å². The fourth-order valence-corrected chi connectivity index (χ4v) is 8.07. The number of carbonyl (C=O) groups excluding carboxylic acids is 1. The second kappa shape index (κ2) is 24.8. The maximum Gasteiger partial charge on any atom is 0.325 e. The molecule has 11 nitrogen and oxygen atoms in total. The number of hydrogen-bond acceptors (Lipinski definition) is 11. The summed E-state index contributed by atoms with van der Waals surface area (Å²) in [5, 5.41) is 22.5. The molecule has 0 aromatic carbocycles. The number of hydroxylamine groups is 2. The predicted octanol–water partition coefficient (Wildman–Crippen LogP) is 10.2. The summed E-state index contributed by atoms with van der Waals surface area (Å²) in [6.45, 7) is 32.2. The summed E-state index contributed by atoms with van der Waals surface area (Å²) in [5.41, 5.74) is -4.72. The van der Waals surface area contributed by atoms with E-state index in [1.807, 2.05) is 0 Å². The molecule has 1 aliphatic rings. The average molecular weight is 846 g/mol. The SMILES string of the molecule is CCCCCCCCCCCC(=O)ON(C)COC(C)(C)CC(C1OCC(C(C)(C)OCCC(C)(C)O)C1C(C)(C)OCCC(C)(C)OC)C(C)(C)OCCC(C)(C)O. The molecule has 1 rings (SSSR count). The third-order valence-corrected chi connectivity index (χ3v) is 12.4. The molecule has 0 bridgehead atoms. The van der Waals surface area contributed by atoms with Crippen LogP contribution in [0.2, 0.25) is 0 Å². The zero-order chi connectivity index (χ0) is 45.3. The lowest BCUT2D eigenvalue weighted by Gasteiger charge is -2.48. The van der Waals surface area contributed by atoms with Crippen LogP contribution in [0.1, 0.15) is 194 Å². The van der Waals surface area contributed by atoms with Gasteiger partial charge in [0, 0.05) is 38.3 Å². The Morgan fingerprint density at radius 1 is 0.678 bits per heavy atom. The largest absolute Gasteiger partial charge is 0.390 e. The van der Waals surface area contributed by atoms with E-state index in [1.165, 1.54) is 43.6 Å². The van der Waals surface area contributed by atoms with Gasteiger partial charge in [-0.15, -0.1) is 5.06 Å². The van der Waals surface area contributed by atoms with Crippen molar-refractivity contribution in [2.75, 3.05) is 47.3 Å². The molecule has 0 spiro atoms. The van der Waals surface area contributed by atoms with E-state index in [0.717, 1.165) is 19.3 Å². The maximum atomic E-state index is 12.7. The van der Waals surface area contributed by atoms with Gasteiger partial charge in [0.05, 0.1) is 71.7 Å². The van der Waals surface area contributed by atoms with Crippen molar-refractivity contribution in [3.05, 3.63) is 0 Å². The summed E-state index contributed by atoms with van der Waals surface area (Å²) in [4.78, 5) is 18.4. The van der Waals surface area contributed by atoms with Gasteiger partial charge in [-0.3, -0.25) is 4.79 Å². The highest BCUT2D eigenvalue weighted by Gasteiger charge is 2.57. The number of methoxy groups -OCH3 is 1. The number of unbranched alkanes of at least 4 members (excludes halogenated alkanes) is 8. The summed E-state index contributed by atoms with van der Waals surface area (Å²) in [5.74, 6) is -0.630. The normalized spacial score (nSPS) is 19.5. The Balaban J connectivity index is 3.32. The van der Waals surface area contributed by atoms with E-state index in [-0.39, 0.29) is 42.2 Å². The van der Waals surface area contributed by atoms with Gasteiger partial charge in [-0.25, -0.2) is 0 Å². The van der Waals surface area contributed by atoms with Crippen molar-refractivity contribution in [2.45, 2.75) is 239 Å². The van der Waals surface area contributed by atoms with E-state index in [0.29, 0.717) is 58.5 Å². The molecular formula is C48H95NO10. The highest BCUT2D eigenvalue weighted by Crippen LogP contribution is 2.50. The summed E-state index contributed by atoms with van der Waals surface area (Å²) in [7, 11) is 3.46. The van der Waals surface area contributed by atoms with Crippen molar-refractivity contribution in [3.63, 3.8) is 0 Å². The fourth-order valence-electron chi connectivity index (χ4n) is 8.07. The van der Waals surface area contributed by atoms with E-state index in [4.69, 9.17) is 33.3 Å². The van der Waals surface area contributed by atoms with Crippen molar-refractivity contribution in [1.29, 1.82) is 0 Å². The van der Waals surface area contributed by atoms with Crippen LogP contribution >= 0.6 is 0 Å². The molecule has 0 aliphatic carbocycles. The Morgan fingerprint density at radius 2 is 1.17 bits per heavy atom. The third-order valence-electron chi connectivity index (χ3n) is 12.4. The van der Waals surface area contributed by atoms with Crippen molar-refractivity contribution in [3.8, 4) is 0 Å². The van der Waals surface area contributed by atoms with Crippen LogP contribution in [-0.4, -0.2) is 114 Å². The van der Waals surface area contributed by atoms with Crippen LogP contribution in [0.3, 0.4) is 0 Å². The molecule has 0 saturated carbocycles. The monoisotopic (exact) mass is 846 g/mol. The minimum absolute atomic E-state index is 0.0604. The summed E-state index contributed by atoms with van der Waals surface area (Å²) in [6.07, 6.45) is 13.0. The smallest absolute Gasteiger partial charge is 0.325 e. The van der Waals surface area contributed by atoms with Crippen LogP contribution < -0.4 is 0 Å². The molecule has 59 heavy (non-hydrogen) atoms. The van der Waals surface area contributed by atoms with E-state index >= 15 is 0 Å². The molecule has 4 unspecified atom stereocenters. The van der Waals surface area contributed by atoms with Crippen LogP contribution in [-0.2, 0) is 38.1 Å².